The van der Waals surface area contributed by atoms with Crippen molar-refractivity contribution in [3.05, 3.63) is 30.5 Å². The fourth-order valence-corrected chi connectivity index (χ4v) is 1.77. The topological polar surface area (TPSA) is 67.5 Å². The molecular weight excluding hydrogens is 228 g/mol. The van der Waals surface area contributed by atoms with Crippen molar-refractivity contribution in [2.75, 3.05) is 0 Å². The fraction of sp³-hybridized carbons (Fsp3) is 0. The highest BCUT2D eigenvalue weighted by molar-refractivity contribution is 7.86. The van der Waals surface area contributed by atoms with E-state index in [0.29, 0.717) is 11.0 Å². The minimum absolute atomic E-state index is 0. The van der Waals surface area contributed by atoms with Crippen LogP contribution in [0.4, 0.5) is 0 Å². The Kier molecular flexibility index (Phi) is 2.84. The molecule has 0 unspecified atom stereocenters. The lowest BCUT2D eigenvalue weighted by Gasteiger charge is -1.90. The van der Waals surface area contributed by atoms with Crippen molar-refractivity contribution < 1.29 is 17.4 Å². The molecule has 2 rings (SSSR count). The van der Waals surface area contributed by atoms with Crippen molar-refractivity contribution in [3.8, 4) is 0 Å². The summed E-state index contributed by atoms with van der Waals surface area (Å²) in [7, 11) is -4.18. The van der Waals surface area contributed by atoms with Gasteiger partial charge in [-0.3, -0.25) is 4.55 Å². The number of benzene rings is 1. The van der Waals surface area contributed by atoms with Gasteiger partial charge >= 0.3 is 0 Å². The van der Waals surface area contributed by atoms with Crippen molar-refractivity contribution in [3.63, 3.8) is 0 Å². The van der Waals surface area contributed by atoms with Crippen LogP contribution in [0.3, 0.4) is 0 Å². The van der Waals surface area contributed by atoms with Crippen LogP contribution >= 0.6 is 12.4 Å². The molecule has 14 heavy (non-hydrogen) atoms. The molecule has 6 heteroatoms. The first kappa shape index (κ1) is 11.0. The molecule has 2 aromatic rings. The second-order valence-electron chi connectivity index (χ2n) is 2.57. The summed E-state index contributed by atoms with van der Waals surface area (Å²) in [5.74, 6) is 0. The molecule has 0 fully saturated rings. The predicted octanol–water partition coefficient (Wildman–Crippen LogP) is 2.10. The Morgan fingerprint density at radius 2 is 1.86 bits per heavy atom. The molecule has 0 amide bonds. The first-order valence-corrected chi connectivity index (χ1v) is 4.97. The zero-order chi connectivity index (χ0) is 9.47. The number of rotatable bonds is 1. The number of hydrogen-bond acceptors (Lipinski definition) is 3. The van der Waals surface area contributed by atoms with Gasteiger partial charge in [0.15, 0.2) is 0 Å². The van der Waals surface area contributed by atoms with Crippen LogP contribution in [0.15, 0.2) is 39.8 Å². The summed E-state index contributed by atoms with van der Waals surface area (Å²) >= 11 is 0. The molecule has 0 saturated heterocycles. The van der Waals surface area contributed by atoms with Gasteiger partial charge in [0, 0.05) is 5.39 Å². The third-order valence-corrected chi connectivity index (χ3v) is 2.60. The van der Waals surface area contributed by atoms with Crippen LogP contribution in [0.25, 0.3) is 11.0 Å². The van der Waals surface area contributed by atoms with Crippen LogP contribution in [0.2, 0.25) is 0 Å². The highest BCUT2D eigenvalue weighted by Gasteiger charge is 2.16. The van der Waals surface area contributed by atoms with E-state index in [1.807, 2.05) is 0 Å². The lowest BCUT2D eigenvalue weighted by atomic mass is 10.3. The average molecular weight is 235 g/mol. The summed E-state index contributed by atoms with van der Waals surface area (Å²) in [5.41, 5.74) is 0.440. The molecule has 76 valence electrons. The normalized spacial score (nSPS) is 11.2. The Hall–Kier alpha value is -1.04. The maximum absolute atomic E-state index is 10.8. The van der Waals surface area contributed by atoms with E-state index < -0.39 is 10.1 Å². The molecule has 1 aromatic heterocycles. The van der Waals surface area contributed by atoms with Gasteiger partial charge in [-0.05, 0) is 12.1 Å². The van der Waals surface area contributed by atoms with Crippen LogP contribution in [-0.4, -0.2) is 13.0 Å². The third-order valence-electron chi connectivity index (χ3n) is 1.72. The second kappa shape index (κ2) is 3.61. The monoisotopic (exact) mass is 234 g/mol. The SMILES string of the molecule is Cl.O=S(=O)(O)c1coc2ccccc12. The molecular formula is C8H7ClO4S. The molecule has 0 atom stereocenters. The first-order chi connectivity index (χ1) is 6.09. The van der Waals surface area contributed by atoms with Crippen molar-refractivity contribution >= 4 is 33.5 Å². The third kappa shape index (κ3) is 1.75. The van der Waals surface area contributed by atoms with Gasteiger partial charge < -0.3 is 4.42 Å². The molecule has 0 spiro atoms. The van der Waals surface area contributed by atoms with Crippen molar-refractivity contribution in [2.45, 2.75) is 4.90 Å². The van der Waals surface area contributed by atoms with E-state index >= 15 is 0 Å². The molecule has 1 N–H and O–H groups in total. The van der Waals surface area contributed by atoms with E-state index in [0.717, 1.165) is 6.26 Å². The minimum Gasteiger partial charge on any atom is -0.463 e. The molecule has 0 radical (unpaired) electrons. The van der Waals surface area contributed by atoms with Gasteiger partial charge in [-0.25, -0.2) is 0 Å². The standard InChI is InChI=1S/C8H6O4S.ClH/c9-13(10,11)8-5-12-7-4-2-1-3-6(7)8;/h1-5H,(H,9,10,11);1H. The van der Waals surface area contributed by atoms with Gasteiger partial charge in [0.2, 0.25) is 0 Å². The van der Waals surface area contributed by atoms with E-state index in [1.165, 1.54) is 0 Å². The van der Waals surface area contributed by atoms with Crippen molar-refractivity contribution in [2.24, 2.45) is 0 Å². The Morgan fingerprint density at radius 1 is 1.21 bits per heavy atom. The van der Waals surface area contributed by atoms with Gasteiger partial charge in [0.25, 0.3) is 10.1 Å². The van der Waals surface area contributed by atoms with Crippen molar-refractivity contribution in [1.29, 1.82) is 0 Å². The molecule has 1 aromatic carbocycles. The summed E-state index contributed by atoms with van der Waals surface area (Å²) in [6, 6.07) is 6.60. The summed E-state index contributed by atoms with van der Waals surface area (Å²) in [5, 5.41) is 0.394. The Bertz CT molecular complexity index is 543. The molecule has 1 heterocycles. The highest BCUT2D eigenvalue weighted by Crippen LogP contribution is 2.24. The van der Waals surface area contributed by atoms with E-state index in [-0.39, 0.29) is 17.3 Å². The van der Waals surface area contributed by atoms with Gasteiger partial charge in [-0.2, -0.15) is 8.42 Å². The van der Waals surface area contributed by atoms with E-state index in [1.54, 1.807) is 24.3 Å². The quantitative estimate of drug-likeness (QED) is 0.768. The van der Waals surface area contributed by atoms with Gasteiger partial charge in [-0.1, -0.05) is 12.1 Å². The first-order valence-electron chi connectivity index (χ1n) is 3.53. The van der Waals surface area contributed by atoms with Gasteiger partial charge in [-0.15, -0.1) is 12.4 Å². The van der Waals surface area contributed by atoms with E-state index in [4.69, 9.17) is 8.97 Å². The fourth-order valence-electron chi connectivity index (χ4n) is 1.15. The number of furan rings is 1. The number of para-hydroxylation sites is 1. The minimum atomic E-state index is -4.18. The lowest BCUT2D eigenvalue weighted by Crippen LogP contribution is -1.95. The van der Waals surface area contributed by atoms with E-state index in [9.17, 15) is 8.42 Å². The second-order valence-corrected chi connectivity index (χ2v) is 3.96. The zero-order valence-corrected chi connectivity index (χ0v) is 8.51. The summed E-state index contributed by atoms with van der Waals surface area (Å²) < 4.78 is 35.3. The molecule has 0 aliphatic rings. The van der Waals surface area contributed by atoms with Crippen LogP contribution in [0.5, 0.6) is 0 Å². The smallest absolute Gasteiger partial charge is 0.298 e. The Morgan fingerprint density at radius 3 is 2.50 bits per heavy atom. The summed E-state index contributed by atoms with van der Waals surface area (Å²) in [4.78, 5) is -0.192. The van der Waals surface area contributed by atoms with Gasteiger partial charge in [0.05, 0.1) is 0 Å². The predicted molar refractivity (Wildman–Crippen MR) is 53.3 cm³/mol. The van der Waals surface area contributed by atoms with Crippen LogP contribution in [0.1, 0.15) is 0 Å². The maximum Gasteiger partial charge on any atom is 0.298 e. The molecule has 4 nitrogen and oxygen atoms in total. The number of hydrogen-bond donors (Lipinski definition) is 1. The largest absolute Gasteiger partial charge is 0.463 e. The Balaban J connectivity index is 0.000000980. The molecule has 0 saturated carbocycles. The van der Waals surface area contributed by atoms with E-state index in [2.05, 4.69) is 0 Å². The molecule has 0 aliphatic carbocycles. The summed E-state index contributed by atoms with van der Waals surface area (Å²) in [6.07, 6.45) is 1.03. The van der Waals surface area contributed by atoms with Crippen molar-refractivity contribution in [1.82, 2.24) is 0 Å². The van der Waals surface area contributed by atoms with Crippen LogP contribution in [0, 0.1) is 0 Å². The van der Waals surface area contributed by atoms with Gasteiger partial charge in [0.1, 0.15) is 16.7 Å². The average Bonchev–Trinajstić information content (AvgIpc) is 2.45. The van der Waals surface area contributed by atoms with Crippen LogP contribution < -0.4 is 0 Å². The van der Waals surface area contributed by atoms with Crippen LogP contribution in [-0.2, 0) is 10.1 Å². The summed E-state index contributed by atoms with van der Waals surface area (Å²) in [6.45, 7) is 0. The Labute approximate surface area is 86.7 Å². The highest BCUT2D eigenvalue weighted by atomic mass is 35.5. The number of fused-ring (bicyclic) bond motifs is 1. The zero-order valence-electron chi connectivity index (χ0n) is 6.88. The number of halogens is 1. The molecule has 0 aliphatic heterocycles. The lowest BCUT2D eigenvalue weighted by molar-refractivity contribution is 0.481. The molecule has 0 bridgehead atoms. The maximum atomic E-state index is 10.8.